The second-order valence-electron chi connectivity index (χ2n) is 3.01. The first-order chi connectivity index (χ1) is 7.09. The van der Waals surface area contributed by atoms with Gasteiger partial charge in [-0.25, -0.2) is 4.79 Å². The van der Waals surface area contributed by atoms with E-state index in [0.29, 0.717) is 23.9 Å². The van der Waals surface area contributed by atoms with Crippen molar-refractivity contribution in [3.05, 3.63) is 29.3 Å². The maximum atomic E-state index is 10.4. The minimum absolute atomic E-state index is 0.324. The van der Waals surface area contributed by atoms with Crippen molar-refractivity contribution in [2.45, 2.75) is 0 Å². The van der Waals surface area contributed by atoms with Crippen LogP contribution in [0.4, 0.5) is 4.79 Å². The van der Waals surface area contributed by atoms with Crippen molar-refractivity contribution in [2.75, 3.05) is 20.2 Å². The zero-order valence-corrected chi connectivity index (χ0v) is 9.07. The van der Waals surface area contributed by atoms with Crippen molar-refractivity contribution in [3.63, 3.8) is 0 Å². The number of rotatable bonds is 4. The molecule has 0 saturated carbocycles. The van der Waals surface area contributed by atoms with Gasteiger partial charge in [0.05, 0.1) is 6.54 Å². The number of nitrogens with zero attached hydrogens (tertiary/aromatic N) is 1. The summed E-state index contributed by atoms with van der Waals surface area (Å²) in [4.78, 5) is 11.6. The van der Waals surface area contributed by atoms with Crippen LogP contribution in [0.2, 0.25) is 5.02 Å². The minimum atomic E-state index is -0.963. The molecule has 1 N–H and O–H groups in total. The Balaban J connectivity index is 2.32. The summed E-state index contributed by atoms with van der Waals surface area (Å²) in [6, 6.07) is 6.92. The third kappa shape index (κ3) is 4.08. The predicted molar refractivity (Wildman–Crippen MR) is 57.6 cm³/mol. The van der Waals surface area contributed by atoms with Crippen LogP contribution in [-0.2, 0) is 0 Å². The molecule has 5 heteroatoms. The maximum Gasteiger partial charge on any atom is 0.407 e. The number of halogens is 1. The fraction of sp³-hybridized carbons (Fsp3) is 0.300. The van der Waals surface area contributed by atoms with Gasteiger partial charge in [0.25, 0.3) is 0 Å². The van der Waals surface area contributed by atoms with E-state index >= 15 is 0 Å². The van der Waals surface area contributed by atoms with Gasteiger partial charge >= 0.3 is 6.09 Å². The molecule has 0 aliphatic carbocycles. The molecular formula is C10H12ClNO3. The molecule has 1 rings (SSSR count). The lowest BCUT2D eigenvalue weighted by molar-refractivity contribution is 0.147. The van der Waals surface area contributed by atoms with Crippen LogP contribution in [0.15, 0.2) is 24.3 Å². The molecular weight excluding hydrogens is 218 g/mol. The lowest BCUT2D eigenvalue weighted by atomic mass is 10.3. The first kappa shape index (κ1) is 11.7. The molecule has 0 spiro atoms. The largest absolute Gasteiger partial charge is 0.492 e. The second-order valence-corrected chi connectivity index (χ2v) is 3.44. The van der Waals surface area contributed by atoms with Crippen LogP contribution in [-0.4, -0.2) is 36.3 Å². The highest BCUT2D eigenvalue weighted by atomic mass is 35.5. The van der Waals surface area contributed by atoms with Crippen molar-refractivity contribution in [1.29, 1.82) is 0 Å². The highest BCUT2D eigenvalue weighted by Crippen LogP contribution is 2.15. The molecule has 1 amide bonds. The summed E-state index contributed by atoms with van der Waals surface area (Å²) in [7, 11) is 1.49. The number of amides is 1. The lowest BCUT2D eigenvalue weighted by Crippen LogP contribution is -2.29. The Kier molecular flexibility index (Phi) is 4.24. The second kappa shape index (κ2) is 5.46. The van der Waals surface area contributed by atoms with Crippen molar-refractivity contribution in [3.8, 4) is 5.75 Å². The third-order valence-corrected chi connectivity index (χ3v) is 2.09. The van der Waals surface area contributed by atoms with Crippen LogP contribution in [0, 0.1) is 0 Å². The first-order valence-corrected chi connectivity index (χ1v) is 4.80. The first-order valence-electron chi connectivity index (χ1n) is 4.42. The topological polar surface area (TPSA) is 49.8 Å². The van der Waals surface area contributed by atoms with Crippen molar-refractivity contribution < 1.29 is 14.6 Å². The standard InChI is InChI=1S/C10H12ClNO3/c1-12(10(13)14)6-7-15-9-4-2-8(11)3-5-9/h2-5H,6-7H2,1H3,(H,13,14). The van der Waals surface area contributed by atoms with E-state index in [-0.39, 0.29) is 0 Å². The van der Waals surface area contributed by atoms with Gasteiger partial charge in [-0.3, -0.25) is 0 Å². The van der Waals surface area contributed by atoms with E-state index < -0.39 is 6.09 Å². The molecule has 0 fully saturated rings. The van der Waals surface area contributed by atoms with E-state index in [9.17, 15) is 4.79 Å². The van der Waals surface area contributed by atoms with Crippen LogP contribution in [0.3, 0.4) is 0 Å². The Morgan fingerprint density at radius 2 is 2.07 bits per heavy atom. The molecule has 0 aliphatic heterocycles. The molecule has 4 nitrogen and oxygen atoms in total. The smallest absolute Gasteiger partial charge is 0.407 e. The van der Waals surface area contributed by atoms with Crippen LogP contribution < -0.4 is 4.74 Å². The zero-order valence-electron chi connectivity index (χ0n) is 8.31. The average Bonchev–Trinajstić information content (AvgIpc) is 2.20. The summed E-state index contributed by atoms with van der Waals surface area (Å²) >= 11 is 5.70. The summed E-state index contributed by atoms with van der Waals surface area (Å²) in [5.41, 5.74) is 0. The molecule has 0 bridgehead atoms. The number of likely N-dealkylation sites (N-methyl/N-ethyl adjacent to an activating group) is 1. The van der Waals surface area contributed by atoms with Gasteiger partial charge < -0.3 is 14.7 Å². The van der Waals surface area contributed by atoms with Gasteiger partial charge in [-0.2, -0.15) is 0 Å². The Morgan fingerprint density at radius 1 is 1.47 bits per heavy atom. The maximum absolute atomic E-state index is 10.4. The van der Waals surface area contributed by atoms with Gasteiger partial charge in [0, 0.05) is 12.1 Å². The highest BCUT2D eigenvalue weighted by molar-refractivity contribution is 6.30. The zero-order chi connectivity index (χ0) is 11.3. The number of hydrogen-bond donors (Lipinski definition) is 1. The summed E-state index contributed by atoms with van der Waals surface area (Å²) < 4.78 is 5.32. The highest BCUT2D eigenvalue weighted by Gasteiger charge is 2.04. The SMILES string of the molecule is CN(CCOc1ccc(Cl)cc1)C(=O)O. The van der Waals surface area contributed by atoms with Gasteiger partial charge in [-0.15, -0.1) is 0 Å². The average molecular weight is 230 g/mol. The van der Waals surface area contributed by atoms with E-state index in [1.807, 2.05) is 0 Å². The third-order valence-electron chi connectivity index (χ3n) is 1.84. The van der Waals surface area contributed by atoms with Crippen molar-refractivity contribution in [2.24, 2.45) is 0 Å². The molecule has 0 radical (unpaired) electrons. The Morgan fingerprint density at radius 3 is 2.60 bits per heavy atom. The van der Waals surface area contributed by atoms with Crippen molar-refractivity contribution >= 4 is 17.7 Å². The quantitative estimate of drug-likeness (QED) is 0.862. The Bertz CT molecular complexity index is 326. The molecule has 15 heavy (non-hydrogen) atoms. The monoisotopic (exact) mass is 229 g/mol. The molecule has 82 valence electrons. The molecule has 1 aromatic carbocycles. The number of carbonyl (C=O) groups is 1. The van der Waals surface area contributed by atoms with E-state index in [1.165, 1.54) is 7.05 Å². The predicted octanol–water partition coefficient (Wildman–Crippen LogP) is 2.33. The fourth-order valence-corrected chi connectivity index (χ4v) is 1.05. The molecule has 0 saturated heterocycles. The molecule has 0 unspecified atom stereocenters. The summed E-state index contributed by atoms with van der Waals surface area (Å²) in [6.07, 6.45) is -0.963. The number of ether oxygens (including phenoxy) is 1. The minimum Gasteiger partial charge on any atom is -0.492 e. The summed E-state index contributed by atoms with van der Waals surface area (Å²) in [5, 5.41) is 9.21. The number of carboxylic acid groups (broad SMARTS) is 1. The van der Waals surface area contributed by atoms with Gasteiger partial charge in [0.2, 0.25) is 0 Å². The summed E-state index contributed by atoms with van der Waals surface area (Å²) in [6.45, 7) is 0.655. The molecule has 0 heterocycles. The molecule has 1 aromatic rings. The molecule has 0 aliphatic rings. The van der Waals surface area contributed by atoms with Crippen molar-refractivity contribution in [1.82, 2.24) is 4.90 Å². The molecule has 0 atom stereocenters. The number of hydrogen-bond acceptors (Lipinski definition) is 2. The Hall–Kier alpha value is -1.42. The van der Waals surface area contributed by atoms with E-state index in [1.54, 1.807) is 24.3 Å². The van der Waals surface area contributed by atoms with Gasteiger partial charge in [-0.1, -0.05) is 11.6 Å². The van der Waals surface area contributed by atoms with Crippen LogP contribution in [0.1, 0.15) is 0 Å². The molecule has 0 aromatic heterocycles. The van der Waals surface area contributed by atoms with E-state index in [0.717, 1.165) is 4.90 Å². The summed E-state index contributed by atoms with van der Waals surface area (Å²) in [5.74, 6) is 0.679. The Labute approximate surface area is 93.0 Å². The normalized spacial score (nSPS) is 9.73. The van der Waals surface area contributed by atoms with Crippen LogP contribution in [0.5, 0.6) is 5.75 Å². The van der Waals surface area contributed by atoms with Crippen LogP contribution in [0.25, 0.3) is 0 Å². The fourth-order valence-electron chi connectivity index (χ4n) is 0.927. The van der Waals surface area contributed by atoms with E-state index in [2.05, 4.69) is 0 Å². The van der Waals surface area contributed by atoms with Gasteiger partial charge in [-0.05, 0) is 24.3 Å². The van der Waals surface area contributed by atoms with Gasteiger partial charge in [0.1, 0.15) is 12.4 Å². The van der Waals surface area contributed by atoms with Crippen LogP contribution >= 0.6 is 11.6 Å². The number of benzene rings is 1. The van der Waals surface area contributed by atoms with Gasteiger partial charge in [0.15, 0.2) is 0 Å². The van der Waals surface area contributed by atoms with E-state index in [4.69, 9.17) is 21.4 Å². The lowest BCUT2D eigenvalue weighted by Gasteiger charge is -2.13.